The molecule has 0 radical (unpaired) electrons. The highest BCUT2D eigenvalue weighted by Crippen LogP contribution is 2.26. The number of rotatable bonds is 6. The molecule has 0 aliphatic heterocycles. The predicted octanol–water partition coefficient (Wildman–Crippen LogP) is -0.131. The maximum absolute atomic E-state index is 12.1. The van der Waals surface area contributed by atoms with Crippen molar-refractivity contribution in [2.75, 3.05) is 26.8 Å². The van der Waals surface area contributed by atoms with Crippen LogP contribution in [-0.2, 0) is 19.6 Å². The van der Waals surface area contributed by atoms with Crippen molar-refractivity contribution in [3.8, 4) is 0 Å². The molecule has 0 aromatic carbocycles. The van der Waals surface area contributed by atoms with Crippen LogP contribution in [0, 0.1) is 0 Å². The molecule has 0 heterocycles. The fourth-order valence-electron chi connectivity index (χ4n) is 0.775. The Kier molecular flexibility index (Phi) is 5.16. The van der Waals surface area contributed by atoms with Crippen molar-refractivity contribution in [1.29, 1.82) is 0 Å². The number of sulfonamides is 1. The maximum Gasteiger partial charge on any atom is 0.511 e. The molecule has 0 aromatic rings. The van der Waals surface area contributed by atoms with E-state index in [-0.39, 0.29) is 10.9 Å². The number of halogens is 3. The van der Waals surface area contributed by atoms with Crippen molar-refractivity contribution in [2.45, 2.75) is 5.51 Å². The summed E-state index contributed by atoms with van der Waals surface area (Å²) in [6.45, 7) is -2.27. The lowest BCUT2D eigenvalue weighted by atomic mass is 10.6. The number of alkyl halides is 3. The van der Waals surface area contributed by atoms with Crippen molar-refractivity contribution < 1.29 is 36.2 Å². The van der Waals surface area contributed by atoms with Gasteiger partial charge in [-0.15, -0.1) is 0 Å². The van der Waals surface area contributed by atoms with Gasteiger partial charge in [0.25, 0.3) is 0 Å². The van der Waals surface area contributed by atoms with Crippen LogP contribution < -0.4 is 0 Å². The molecular formula is C6H10F3NO5S. The Labute approximate surface area is 89.7 Å². The van der Waals surface area contributed by atoms with Gasteiger partial charge in [-0.2, -0.15) is 17.5 Å². The van der Waals surface area contributed by atoms with Crippen LogP contribution in [0.2, 0.25) is 0 Å². The van der Waals surface area contributed by atoms with E-state index in [4.69, 9.17) is 5.11 Å². The first kappa shape index (κ1) is 15.1. The van der Waals surface area contributed by atoms with Gasteiger partial charge in [-0.1, -0.05) is 0 Å². The van der Waals surface area contributed by atoms with Gasteiger partial charge in [-0.05, 0) is 0 Å². The zero-order valence-corrected chi connectivity index (χ0v) is 9.01. The Morgan fingerprint density at radius 3 is 2.25 bits per heavy atom. The first-order chi connectivity index (χ1) is 7.13. The summed E-state index contributed by atoms with van der Waals surface area (Å²) in [5.74, 6) is -1.68. The molecule has 0 spiro atoms. The molecule has 0 saturated carbocycles. The normalized spacial score (nSPS) is 13.1. The Balaban J connectivity index is 4.95. The van der Waals surface area contributed by atoms with Gasteiger partial charge in [-0.3, -0.25) is 4.79 Å². The van der Waals surface area contributed by atoms with Crippen molar-refractivity contribution in [3.63, 3.8) is 0 Å². The first-order valence-electron chi connectivity index (χ1n) is 3.90. The number of carbonyl (C=O) groups is 1. The summed E-state index contributed by atoms with van der Waals surface area (Å²) >= 11 is 0. The van der Waals surface area contributed by atoms with E-state index < -0.39 is 34.6 Å². The molecule has 0 fully saturated rings. The quantitative estimate of drug-likeness (QED) is 0.723. The van der Waals surface area contributed by atoms with Crippen molar-refractivity contribution in [1.82, 2.24) is 4.31 Å². The minimum absolute atomic E-state index is 0.196. The second kappa shape index (κ2) is 5.46. The molecule has 6 nitrogen and oxygen atoms in total. The zero-order chi connectivity index (χ0) is 13.0. The molecule has 0 atom stereocenters. The number of carboxylic acids is 1. The third kappa shape index (κ3) is 3.94. The summed E-state index contributed by atoms with van der Waals surface area (Å²) in [7, 11) is -4.48. The van der Waals surface area contributed by atoms with Gasteiger partial charge in [0.05, 0.1) is 6.61 Å². The van der Waals surface area contributed by atoms with Gasteiger partial charge in [0.15, 0.2) is 0 Å². The highest BCUT2D eigenvalue weighted by Gasteiger charge is 2.50. The lowest BCUT2D eigenvalue weighted by Crippen LogP contribution is -2.44. The SMILES string of the molecule is COCCN(CC(=O)O)S(=O)(=O)C(F)(F)F. The van der Waals surface area contributed by atoms with Crippen LogP contribution in [0.5, 0.6) is 0 Å². The standard InChI is InChI=1S/C6H10F3NO5S/c1-15-3-2-10(4-5(11)12)16(13,14)6(7,8)9/h2-4H2,1H3,(H,11,12). The number of hydrogen-bond acceptors (Lipinski definition) is 4. The molecule has 16 heavy (non-hydrogen) atoms. The van der Waals surface area contributed by atoms with E-state index in [2.05, 4.69) is 4.74 Å². The highest BCUT2D eigenvalue weighted by molar-refractivity contribution is 7.90. The Morgan fingerprint density at radius 2 is 1.94 bits per heavy atom. The van der Waals surface area contributed by atoms with Gasteiger partial charge in [0.2, 0.25) is 0 Å². The van der Waals surface area contributed by atoms with Crippen LogP contribution in [0.3, 0.4) is 0 Å². The number of ether oxygens (including phenoxy) is 1. The summed E-state index contributed by atoms with van der Waals surface area (Å²) < 4.78 is 62.2. The number of aliphatic carboxylic acids is 1. The molecule has 1 N–H and O–H groups in total. The van der Waals surface area contributed by atoms with E-state index in [9.17, 15) is 26.4 Å². The van der Waals surface area contributed by atoms with Crippen LogP contribution in [0.1, 0.15) is 0 Å². The molecule has 0 amide bonds. The van der Waals surface area contributed by atoms with Crippen LogP contribution in [0.25, 0.3) is 0 Å². The molecule has 10 heteroatoms. The van der Waals surface area contributed by atoms with Gasteiger partial charge in [-0.25, -0.2) is 8.42 Å². The third-order valence-electron chi connectivity index (χ3n) is 1.49. The number of hydrogen-bond donors (Lipinski definition) is 1. The molecular weight excluding hydrogens is 255 g/mol. The topological polar surface area (TPSA) is 83.9 Å². The van der Waals surface area contributed by atoms with Crippen molar-refractivity contribution in [3.05, 3.63) is 0 Å². The molecule has 0 aliphatic rings. The molecule has 0 saturated heterocycles. The predicted molar refractivity (Wildman–Crippen MR) is 46.1 cm³/mol. The average molecular weight is 265 g/mol. The lowest BCUT2D eigenvalue weighted by molar-refractivity contribution is -0.137. The number of carboxylic acid groups (broad SMARTS) is 1. The van der Waals surface area contributed by atoms with Crippen LogP contribution >= 0.6 is 0 Å². The van der Waals surface area contributed by atoms with Crippen LogP contribution in [-0.4, -0.2) is 56.1 Å². The Morgan fingerprint density at radius 1 is 1.44 bits per heavy atom. The van der Waals surface area contributed by atoms with Gasteiger partial charge < -0.3 is 9.84 Å². The van der Waals surface area contributed by atoms with Gasteiger partial charge in [0, 0.05) is 13.7 Å². The maximum atomic E-state index is 12.1. The molecule has 0 aliphatic carbocycles. The zero-order valence-electron chi connectivity index (χ0n) is 8.19. The van der Waals surface area contributed by atoms with E-state index in [1.54, 1.807) is 0 Å². The Bertz CT molecular complexity index is 339. The molecule has 0 aromatic heterocycles. The first-order valence-corrected chi connectivity index (χ1v) is 5.34. The summed E-state index contributed by atoms with van der Waals surface area (Å²) in [6.07, 6.45) is 0. The van der Waals surface area contributed by atoms with Gasteiger partial charge in [0.1, 0.15) is 6.54 Å². The summed E-state index contributed by atoms with van der Waals surface area (Å²) in [5, 5.41) is 8.30. The summed E-state index contributed by atoms with van der Waals surface area (Å²) in [5.41, 5.74) is -5.52. The molecule has 0 unspecified atom stereocenters. The number of methoxy groups -OCH3 is 1. The van der Waals surface area contributed by atoms with E-state index in [0.29, 0.717) is 0 Å². The molecule has 0 bridgehead atoms. The fourth-order valence-corrected chi connectivity index (χ4v) is 1.66. The monoisotopic (exact) mass is 265 g/mol. The van der Waals surface area contributed by atoms with E-state index in [1.807, 2.05) is 0 Å². The van der Waals surface area contributed by atoms with E-state index >= 15 is 0 Å². The summed E-state index contributed by atoms with van der Waals surface area (Å²) in [6, 6.07) is 0. The largest absolute Gasteiger partial charge is 0.511 e. The second-order valence-electron chi connectivity index (χ2n) is 2.67. The Hall–Kier alpha value is -0.870. The summed E-state index contributed by atoms with van der Waals surface area (Å²) in [4.78, 5) is 10.2. The molecule has 96 valence electrons. The number of nitrogens with zero attached hydrogens (tertiary/aromatic N) is 1. The fraction of sp³-hybridized carbons (Fsp3) is 0.833. The smallest absolute Gasteiger partial charge is 0.480 e. The van der Waals surface area contributed by atoms with E-state index in [0.717, 1.165) is 7.11 Å². The van der Waals surface area contributed by atoms with Crippen LogP contribution in [0.4, 0.5) is 13.2 Å². The van der Waals surface area contributed by atoms with Gasteiger partial charge >= 0.3 is 21.5 Å². The average Bonchev–Trinajstić information content (AvgIpc) is 2.09. The third-order valence-corrected chi connectivity index (χ3v) is 3.07. The minimum atomic E-state index is -5.63. The van der Waals surface area contributed by atoms with Crippen molar-refractivity contribution >= 4 is 16.0 Å². The highest BCUT2D eigenvalue weighted by atomic mass is 32.2. The second-order valence-corrected chi connectivity index (χ2v) is 4.60. The van der Waals surface area contributed by atoms with Crippen LogP contribution in [0.15, 0.2) is 0 Å². The molecule has 0 rings (SSSR count). The van der Waals surface area contributed by atoms with Crippen molar-refractivity contribution in [2.24, 2.45) is 0 Å². The lowest BCUT2D eigenvalue weighted by Gasteiger charge is -2.20. The minimum Gasteiger partial charge on any atom is -0.480 e. The van der Waals surface area contributed by atoms with E-state index in [1.165, 1.54) is 0 Å².